The van der Waals surface area contributed by atoms with Crippen LogP contribution in [0.2, 0.25) is 0 Å². The molecule has 0 unspecified atom stereocenters. The number of carbonyl (C=O) groups excluding carboxylic acids is 1. The zero-order valence-electron chi connectivity index (χ0n) is 10.1. The van der Waals surface area contributed by atoms with Crippen LogP contribution >= 0.6 is 0 Å². The number of benzene rings is 1. The first-order chi connectivity index (χ1) is 7.97. The Labute approximate surface area is 100 Å². The van der Waals surface area contributed by atoms with Gasteiger partial charge in [0.1, 0.15) is 0 Å². The zero-order chi connectivity index (χ0) is 13.1. The molecule has 0 atom stereocenters. The molecule has 1 aromatic rings. The van der Waals surface area contributed by atoms with E-state index in [1.807, 2.05) is 19.1 Å². The summed E-state index contributed by atoms with van der Waals surface area (Å²) in [7, 11) is 0. The number of nitrogens with two attached hydrogens (primary N) is 1. The molecule has 0 saturated carbocycles. The number of Topliss-reactive ketones (excluding diaryl/α,β-unsaturated/α-hetero) is 1. The van der Waals surface area contributed by atoms with Crippen LogP contribution in [-0.2, 0) is 4.79 Å². The highest BCUT2D eigenvalue weighted by Crippen LogP contribution is 2.22. The molecule has 0 fully saturated rings. The third-order valence-electron chi connectivity index (χ3n) is 2.95. The fourth-order valence-corrected chi connectivity index (χ4v) is 1.55. The SMILES string of the molecule is CC(=O)C(CO)(CO)N(N)c1ccc(C)cc1. The number of anilines is 1. The molecule has 1 rings (SSSR count). The first-order valence-corrected chi connectivity index (χ1v) is 5.32. The summed E-state index contributed by atoms with van der Waals surface area (Å²) >= 11 is 0. The average Bonchev–Trinajstić information content (AvgIpc) is 2.31. The molecule has 0 spiro atoms. The molecule has 1 aromatic carbocycles. The molecule has 0 aliphatic carbocycles. The summed E-state index contributed by atoms with van der Waals surface area (Å²) in [5.74, 6) is 5.46. The van der Waals surface area contributed by atoms with Crippen molar-refractivity contribution in [2.75, 3.05) is 18.2 Å². The van der Waals surface area contributed by atoms with Gasteiger partial charge in [0.25, 0.3) is 0 Å². The Morgan fingerprint density at radius 1 is 1.29 bits per heavy atom. The fraction of sp³-hybridized carbons (Fsp3) is 0.417. The topological polar surface area (TPSA) is 86.8 Å². The van der Waals surface area contributed by atoms with E-state index in [9.17, 15) is 15.0 Å². The van der Waals surface area contributed by atoms with E-state index in [0.717, 1.165) is 10.6 Å². The van der Waals surface area contributed by atoms with Crippen LogP contribution in [0.4, 0.5) is 5.69 Å². The third-order valence-corrected chi connectivity index (χ3v) is 2.95. The molecule has 4 N–H and O–H groups in total. The lowest BCUT2D eigenvalue weighted by Crippen LogP contribution is -2.62. The van der Waals surface area contributed by atoms with Gasteiger partial charge in [0.15, 0.2) is 11.3 Å². The summed E-state index contributed by atoms with van der Waals surface area (Å²) in [6.45, 7) is 2.15. The molecule has 0 aromatic heterocycles. The highest BCUT2D eigenvalue weighted by atomic mass is 16.3. The molecule has 0 bridgehead atoms. The minimum Gasteiger partial charge on any atom is -0.393 e. The lowest BCUT2D eigenvalue weighted by molar-refractivity contribution is -0.125. The monoisotopic (exact) mass is 238 g/mol. The number of hydrazine groups is 1. The second-order valence-electron chi connectivity index (χ2n) is 4.11. The van der Waals surface area contributed by atoms with Gasteiger partial charge in [0.05, 0.1) is 18.9 Å². The van der Waals surface area contributed by atoms with Crippen molar-refractivity contribution in [2.45, 2.75) is 19.4 Å². The van der Waals surface area contributed by atoms with Crippen molar-refractivity contribution >= 4 is 11.5 Å². The second-order valence-corrected chi connectivity index (χ2v) is 4.11. The number of rotatable bonds is 5. The minimum atomic E-state index is -1.48. The lowest BCUT2D eigenvalue weighted by atomic mass is 9.95. The van der Waals surface area contributed by atoms with Crippen LogP contribution in [0.1, 0.15) is 12.5 Å². The molecule has 0 heterocycles. The Bertz CT molecular complexity index is 385. The number of aliphatic hydroxyl groups is 2. The number of aryl methyl sites for hydroxylation is 1. The van der Waals surface area contributed by atoms with Crippen molar-refractivity contribution < 1.29 is 15.0 Å². The summed E-state index contributed by atoms with van der Waals surface area (Å²) in [6, 6.07) is 7.15. The fourth-order valence-electron chi connectivity index (χ4n) is 1.55. The van der Waals surface area contributed by atoms with E-state index in [1.165, 1.54) is 6.92 Å². The Morgan fingerprint density at radius 3 is 2.12 bits per heavy atom. The Balaban J connectivity index is 3.12. The first kappa shape index (κ1) is 13.6. The second kappa shape index (κ2) is 5.27. The molecule has 94 valence electrons. The van der Waals surface area contributed by atoms with Gasteiger partial charge in [-0.25, -0.2) is 5.84 Å². The highest BCUT2D eigenvalue weighted by Gasteiger charge is 2.39. The van der Waals surface area contributed by atoms with E-state index >= 15 is 0 Å². The van der Waals surface area contributed by atoms with Crippen LogP contribution in [0.15, 0.2) is 24.3 Å². The largest absolute Gasteiger partial charge is 0.393 e. The number of carbonyl (C=O) groups is 1. The van der Waals surface area contributed by atoms with Gasteiger partial charge < -0.3 is 10.2 Å². The molecular weight excluding hydrogens is 220 g/mol. The molecule has 0 amide bonds. The number of hydrogen-bond acceptors (Lipinski definition) is 5. The maximum Gasteiger partial charge on any atom is 0.161 e. The predicted octanol–water partition coefficient (Wildman–Crippen LogP) is -0.0125. The smallest absolute Gasteiger partial charge is 0.161 e. The quantitative estimate of drug-likeness (QED) is 0.496. The van der Waals surface area contributed by atoms with Crippen molar-refractivity contribution in [2.24, 2.45) is 5.84 Å². The lowest BCUT2D eigenvalue weighted by Gasteiger charge is -2.37. The first-order valence-electron chi connectivity index (χ1n) is 5.32. The van der Waals surface area contributed by atoms with Gasteiger partial charge in [-0.15, -0.1) is 0 Å². The Kier molecular flexibility index (Phi) is 4.22. The highest BCUT2D eigenvalue weighted by molar-refractivity contribution is 5.90. The molecule has 0 radical (unpaired) electrons. The van der Waals surface area contributed by atoms with Crippen LogP contribution in [0, 0.1) is 6.92 Å². The maximum absolute atomic E-state index is 11.6. The van der Waals surface area contributed by atoms with E-state index in [1.54, 1.807) is 12.1 Å². The molecular formula is C12H18N2O3. The van der Waals surface area contributed by atoms with Crippen LogP contribution < -0.4 is 10.9 Å². The van der Waals surface area contributed by atoms with Gasteiger partial charge >= 0.3 is 0 Å². The normalized spacial score (nSPS) is 11.4. The van der Waals surface area contributed by atoms with Crippen LogP contribution in [0.5, 0.6) is 0 Å². The third kappa shape index (κ3) is 2.46. The van der Waals surface area contributed by atoms with E-state index in [0.29, 0.717) is 5.69 Å². The van der Waals surface area contributed by atoms with Gasteiger partial charge in [0, 0.05) is 0 Å². The molecule has 5 nitrogen and oxygen atoms in total. The van der Waals surface area contributed by atoms with Gasteiger partial charge in [-0.05, 0) is 26.0 Å². The standard InChI is InChI=1S/C12H18N2O3/c1-9-3-5-11(6-4-9)14(13)12(7-15,8-16)10(2)17/h3-6,15-16H,7-8,13H2,1-2H3. The van der Waals surface area contributed by atoms with E-state index in [4.69, 9.17) is 5.84 Å². The maximum atomic E-state index is 11.6. The van der Waals surface area contributed by atoms with Crippen LogP contribution in [0.25, 0.3) is 0 Å². The van der Waals surface area contributed by atoms with Gasteiger partial charge in [0.2, 0.25) is 0 Å². The molecule has 0 saturated heterocycles. The summed E-state index contributed by atoms with van der Waals surface area (Å²) < 4.78 is 0. The predicted molar refractivity (Wildman–Crippen MR) is 65.4 cm³/mol. The number of aliphatic hydroxyl groups excluding tert-OH is 2. The zero-order valence-corrected chi connectivity index (χ0v) is 10.1. The number of nitrogens with zero attached hydrogens (tertiary/aromatic N) is 1. The van der Waals surface area contributed by atoms with E-state index in [2.05, 4.69) is 0 Å². The summed E-state index contributed by atoms with van der Waals surface area (Å²) in [6.07, 6.45) is 0. The molecule has 0 aliphatic rings. The minimum absolute atomic E-state index is 0.384. The van der Waals surface area contributed by atoms with E-state index < -0.39 is 18.8 Å². The van der Waals surface area contributed by atoms with Gasteiger partial charge in [-0.2, -0.15) is 0 Å². The summed E-state index contributed by atoms with van der Waals surface area (Å²) in [4.78, 5) is 11.6. The number of hydrogen-bond donors (Lipinski definition) is 3. The van der Waals surface area contributed by atoms with Crippen molar-refractivity contribution in [3.8, 4) is 0 Å². The Morgan fingerprint density at radius 2 is 1.76 bits per heavy atom. The van der Waals surface area contributed by atoms with Crippen molar-refractivity contribution in [3.05, 3.63) is 29.8 Å². The molecule has 17 heavy (non-hydrogen) atoms. The van der Waals surface area contributed by atoms with Crippen molar-refractivity contribution in [1.29, 1.82) is 0 Å². The Hall–Kier alpha value is -1.43. The van der Waals surface area contributed by atoms with Crippen LogP contribution in [-0.4, -0.2) is 34.7 Å². The van der Waals surface area contributed by atoms with Gasteiger partial charge in [-0.3, -0.25) is 9.80 Å². The summed E-state index contributed by atoms with van der Waals surface area (Å²) in [5.41, 5.74) is 0.146. The van der Waals surface area contributed by atoms with Crippen molar-refractivity contribution in [3.63, 3.8) is 0 Å². The van der Waals surface area contributed by atoms with Gasteiger partial charge in [-0.1, -0.05) is 17.7 Å². The average molecular weight is 238 g/mol. The van der Waals surface area contributed by atoms with E-state index in [-0.39, 0.29) is 5.78 Å². The van der Waals surface area contributed by atoms with Crippen LogP contribution in [0.3, 0.4) is 0 Å². The number of ketones is 1. The van der Waals surface area contributed by atoms with Crippen molar-refractivity contribution in [1.82, 2.24) is 0 Å². The summed E-state index contributed by atoms with van der Waals surface area (Å²) in [5, 5.41) is 19.8. The molecule has 5 heteroatoms. The molecule has 0 aliphatic heterocycles.